The molecule has 2 rings (SSSR count). The predicted molar refractivity (Wildman–Crippen MR) is 68.5 cm³/mol. The molecule has 5 heteroatoms. The van der Waals surface area contributed by atoms with Crippen LogP contribution in [-0.2, 0) is 0 Å². The van der Waals surface area contributed by atoms with Crippen molar-refractivity contribution in [2.45, 2.75) is 13.0 Å². The van der Waals surface area contributed by atoms with E-state index in [1.807, 2.05) is 0 Å². The van der Waals surface area contributed by atoms with E-state index >= 15 is 0 Å². The van der Waals surface area contributed by atoms with E-state index in [-0.39, 0.29) is 22.1 Å². The number of benzene rings is 2. The van der Waals surface area contributed by atoms with Crippen molar-refractivity contribution < 1.29 is 18.6 Å². The first-order valence-electron chi connectivity index (χ1n) is 5.58. The molecule has 0 heterocycles. The molecule has 0 aliphatic carbocycles. The summed E-state index contributed by atoms with van der Waals surface area (Å²) in [6.07, 6.45) is -1.03. The van der Waals surface area contributed by atoms with Crippen molar-refractivity contribution in [3.05, 3.63) is 58.6 Å². The number of aliphatic hydroxyl groups is 1. The number of ether oxygens (including phenoxy) is 1. The summed E-state index contributed by atoms with van der Waals surface area (Å²) in [5.74, 6) is -0.901. The Bertz CT molecular complexity index is 600. The van der Waals surface area contributed by atoms with Crippen molar-refractivity contribution in [3.8, 4) is 11.5 Å². The van der Waals surface area contributed by atoms with Gasteiger partial charge in [-0.1, -0.05) is 17.7 Å². The number of hydrogen-bond donors (Lipinski definition) is 1. The van der Waals surface area contributed by atoms with Gasteiger partial charge in [-0.2, -0.15) is 0 Å². The van der Waals surface area contributed by atoms with E-state index in [0.29, 0.717) is 0 Å². The van der Waals surface area contributed by atoms with E-state index in [2.05, 4.69) is 0 Å². The van der Waals surface area contributed by atoms with E-state index < -0.39 is 17.7 Å². The van der Waals surface area contributed by atoms with Crippen molar-refractivity contribution in [1.29, 1.82) is 0 Å². The van der Waals surface area contributed by atoms with Gasteiger partial charge in [0.1, 0.15) is 23.1 Å². The topological polar surface area (TPSA) is 29.5 Å². The summed E-state index contributed by atoms with van der Waals surface area (Å²) in [6, 6.07) is 8.06. The molecule has 19 heavy (non-hydrogen) atoms. The average Bonchev–Trinajstić information content (AvgIpc) is 2.33. The molecule has 0 aliphatic heterocycles. The molecule has 0 radical (unpaired) electrons. The molecule has 1 N–H and O–H groups in total. The third-order valence-electron chi connectivity index (χ3n) is 2.55. The van der Waals surface area contributed by atoms with E-state index in [1.165, 1.54) is 37.3 Å². The largest absolute Gasteiger partial charge is 0.457 e. The first kappa shape index (κ1) is 13.8. The first-order valence-corrected chi connectivity index (χ1v) is 5.96. The molecule has 1 atom stereocenters. The highest BCUT2D eigenvalue weighted by Gasteiger charge is 2.15. The lowest BCUT2D eigenvalue weighted by atomic mass is 10.1. The Kier molecular flexibility index (Phi) is 4.02. The van der Waals surface area contributed by atoms with Gasteiger partial charge in [0.05, 0.1) is 16.7 Å². The van der Waals surface area contributed by atoms with Crippen LogP contribution in [0.4, 0.5) is 8.78 Å². The van der Waals surface area contributed by atoms with Gasteiger partial charge in [0, 0.05) is 6.07 Å². The second-order valence-electron chi connectivity index (χ2n) is 4.01. The van der Waals surface area contributed by atoms with Gasteiger partial charge in [0.15, 0.2) is 0 Å². The monoisotopic (exact) mass is 284 g/mol. The van der Waals surface area contributed by atoms with Crippen LogP contribution < -0.4 is 4.74 Å². The Morgan fingerprint density at radius 2 is 1.89 bits per heavy atom. The van der Waals surface area contributed by atoms with Crippen molar-refractivity contribution in [3.63, 3.8) is 0 Å². The second-order valence-corrected chi connectivity index (χ2v) is 4.41. The molecule has 0 spiro atoms. The van der Waals surface area contributed by atoms with E-state index in [1.54, 1.807) is 0 Å². The number of halogens is 3. The van der Waals surface area contributed by atoms with Crippen molar-refractivity contribution in [1.82, 2.24) is 0 Å². The van der Waals surface area contributed by atoms with Crippen LogP contribution in [-0.4, -0.2) is 5.11 Å². The Labute approximate surface area is 114 Å². The van der Waals surface area contributed by atoms with E-state index in [4.69, 9.17) is 16.3 Å². The van der Waals surface area contributed by atoms with Crippen LogP contribution in [0, 0.1) is 11.6 Å². The Morgan fingerprint density at radius 1 is 1.16 bits per heavy atom. The van der Waals surface area contributed by atoms with E-state index in [9.17, 15) is 13.9 Å². The molecule has 0 saturated heterocycles. The van der Waals surface area contributed by atoms with Crippen LogP contribution in [0.25, 0.3) is 0 Å². The molecule has 0 aliphatic rings. The van der Waals surface area contributed by atoms with Crippen LogP contribution >= 0.6 is 11.6 Å². The SMILES string of the molecule is CC(O)c1c(F)cccc1Oc1ccc(Cl)c(F)c1. The lowest BCUT2D eigenvalue weighted by Gasteiger charge is -2.14. The van der Waals surface area contributed by atoms with Gasteiger partial charge >= 0.3 is 0 Å². The summed E-state index contributed by atoms with van der Waals surface area (Å²) < 4.78 is 32.3. The lowest BCUT2D eigenvalue weighted by molar-refractivity contribution is 0.190. The van der Waals surface area contributed by atoms with Gasteiger partial charge in [-0.15, -0.1) is 0 Å². The summed E-state index contributed by atoms with van der Waals surface area (Å²) in [6.45, 7) is 1.42. The summed E-state index contributed by atoms with van der Waals surface area (Å²) in [5, 5.41) is 9.52. The summed E-state index contributed by atoms with van der Waals surface area (Å²) in [7, 11) is 0. The van der Waals surface area contributed by atoms with Crippen molar-refractivity contribution in [2.75, 3.05) is 0 Å². The molecule has 2 nitrogen and oxygen atoms in total. The van der Waals surface area contributed by atoms with Gasteiger partial charge < -0.3 is 9.84 Å². The molecular weight excluding hydrogens is 274 g/mol. The zero-order chi connectivity index (χ0) is 14.0. The number of rotatable bonds is 3. The second kappa shape index (κ2) is 5.55. The van der Waals surface area contributed by atoms with Crippen molar-refractivity contribution in [2.24, 2.45) is 0 Å². The summed E-state index contributed by atoms with van der Waals surface area (Å²) >= 11 is 5.56. The summed E-state index contributed by atoms with van der Waals surface area (Å²) in [5.41, 5.74) is 0.0258. The van der Waals surface area contributed by atoms with Gasteiger partial charge in [0.25, 0.3) is 0 Å². The molecule has 0 aromatic heterocycles. The standard InChI is InChI=1S/C14H11ClF2O2/c1-8(18)14-11(16)3-2-4-13(14)19-9-5-6-10(15)12(17)7-9/h2-8,18H,1H3. The highest BCUT2D eigenvalue weighted by molar-refractivity contribution is 6.30. The molecule has 0 fully saturated rings. The van der Waals surface area contributed by atoms with Gasteiger partial charge in [-0.05, 0) is 31.2 Å². The van der Waals surface area contributed by atoms with E-state index in [0.717, 1.165) is 6.07 Å². The number of hydrogen-bond acceptors (Lipinski definition) is 2. The van der Waals surface area contributed by atoms with Gasteiger partial charge in [0.2, 0.25) is 0 Å². The average molecular weight is 285 g/mol. The normalized spacial score (nSPS) is 12.3. The fourth-order valence-corrected chi connectivity index (χ4v) is 1.80. The number of aliphatic hydroxyl groups excluding tert-OH is 1. The smallest absolute Gasteiger partial charge is 0.145 e. The molecule has 0 saturated carbocycles. The molecule has 0 bridgehead atoms. The highest BCUT2D eigenvalue weighted by Crippen LogP contribution is 2.32. The molecule has 2 aromatic carbocycles. The Morgan fingerprint density at radius 3 is 2.53 bits per heavy atom. The molecule has 100 valence electrons. The molecular formula is C14H11ClF2O2. The van der Waals surface area contributed by atoms with Crippen LogP contribution in [0.5, 0.6) is 11.5 Å². The minimum atomic E-state index is -1.03. The lowest BCUT2D eigenvalue weighted by Crippen LogP contribution is -2.00. The zero-order valence-electron chi connectivity index (χ0n) is 10.0. The van der Waals surface area contributed by atoms with Crippen LogP contribution in [0.1, 0.15) is 18.6 Å². The predicted octanol–water partition coefficient (Wildman–Crippen LogP) is 4.46. The maximum atomic E-state index is 13.6. The Hall–Kier alpha value is -1.65. The first-order chi connectivity index (χ1) is 8.99. The van der Waals surface area contributed by atoms with Gasteiger partial charge in [-0.25, -0.2) is 8.78 Å². The third-order valence-corrected chi connectivity index (χ3v) is 2.86. The van der Waals surface area contributed by atoms with Crippen LogP contribution in [0.3, 0.4) is 0 Å². The third kappa shape index (κ3) is 3.03. The van der Waals surface area contributed by atoms with Gasteiger partial charge in [-0.3, -0.25) is 0 Å². The minimum absolute atomic E-state index is 0.0256. The fourth-order valence-electron chi connectivity index (χ4n) is 1.68. The van der Waals surface area contributed by atoms with Crippen molar-refractivity contribution >= 4 is 11.6 Å². The Balaban J connectivity index is 2.38. The maximum Gasteiger partial charge on any atom is 0.145 e. The molecule has 0 amide bonds. The maximum absolute atomic E-state index is 13.6. The fraction of sp³-hybridized carbons (Fsp3) is 0.143. The van der Waals surface area contributed by atoms with Crippen LogP contribution in [0.15, 0.2) is 36.4 Å². The quantitative estimate of drug-likeness (QED) is 0.901. The zero-order valence-corrected chi connectivity index (χ0v) is 10.8. The summed E-state index contributed by atoms with van der Waals surface area (Å²) in [4.78, 5) is 0. The van der Waals surface area contributed by atoms with Crippen LogP contribution in [0.2, 0.25) is 5.02 Å². The molecule has 2 aromatic rings. The highest BCUT2D eigenvalue weighted by atomic mass is 35.5. The molecule has 1 unspecified atom stereocenters. The minimum Gasteiger partial charge on any atom is -0.457 e.